The summed E-state index contributed by atoms with van der Waals surface area (Å²) >= 11 is 5.60. The van der Waals surface area contributed by atoms with Gasteiger partial charge in [-0.2, -0.15) is 0 Å². The molecule has 4 N–H and O–H groups in total. The summed E-state index contributed by atoms with van der Waals surface area (Å²) in [7, 11) is 0. The lowest BCUT2D eigenvalue weighted by atomic mass is 10.1. The van der Waals surface area contributed by atoms with Crippen molar-refractivity contribution in [3.63, 3.8) is 0 Å². The van der Waals surface area contributed by atoms with Gasteiger partial charge >= 0.3 is 0 Å². The fourth-order valence-corrected chi connectivity index (χ4v) is 1.83. The van der Waals surface area contributed by atoms with Crippen LogP contribution >= 0.6 is 11.6 Å². The van der Waals surface area contributed by atoms with E-state index in [1.54, 1.807) is 0 Å². The maximum Gasteiger partial charge on any atom is 0.238 e. The van der Waals surface area contributed by atoms with Crippen LogP contribution in [0.15, 0.2) is 23.4 Å². The second kappa shape index (κ2) is 4.45. The van der Waals surface area contributed by atoms with Crippen LogP contribution in [0.2, 0.25) is 5.02 Å². The summed E-state index contributed by atoms with van der Waals surface area (Å²) in [5, 5.41) is 14.0. The zero-order valence-electron chi connectivity index (χ0n) is 9.28. The molecule has 1 aromatic carbocycles. The Labute approximate surface area is 107 Å². The van der Waals surface area contributed by atoms with Crippen molar-refractivity contribution in [3.8, 4) is 0 Å². The molecule has 1 aliphatic carbocycles. The second-order valence-corrected chi connectivity index (χ2v) is 4.56. The molecule has 0 aliphatic heterocycles. The Bertz CT molecular complexity index is 529. The Morgan fingerprint density at radius 1 is 1.56 bits per heavy atom. The van der Waals surface area contributed by atoms with E-state index in [-0.39, 0.29) is 16.8 Å². The van der Waals surface area contributed by atoms with E-state index in [0.29, 0.717) is 18.5 Å². The number of hydrogen-bond acceptors (Lipinski definition) is 3. The van der Waals surface area contributed by atoms with Crippen molar-refractivity contribution in [2.75, 3.05) is 5.32 Å². The van der Waals surface area contributed by atoms with E-state index >= 15 is 0 Å². The molecule has 1 fully saturated rings. The number of carbonyl (C=O) groups excluding carboxylic acids is 1. The first-order valence-electron chi connectivity index (χ1n) is 5.24. The van der Waals surface area contributed by atoms with E-state index in [2.05, 4.69) is 10.5 Å². The third-order valence-corrected chi connectivity index (χ3v) is 3.25. The highest BCUT2D eigenvalue weighted by Gasteiger charge is 2.54. The molecule has 1 saturated carbocycles. The number of amidine groups is 1. The summed E-state index contributed by atoms with van der Waals surface area (Å²) in [6, 6.07) is 3.85. The van der Waals surface area contributed by atoms with Crippen LogP contribution in [0.1, 0.15) is 12.8 Å². The Balaban J connectivity index is 2.15. The summed E-state index contributed by atoms with van der Waals surface area (Å²) in [5.41, 5.74) is 4.89. The number of nitrogens with two attached hydrogens (primary N) is 1. The number of benzene rings is 1. The van der Waals surface area contributed by atoms with Gasteiger partial charge in [0.15, 0.2) is 5.84 Å². The molecule has 0 radical (unpaired) electrons. The maximum absolute atomic E-state index is 12.9. The molecule has 18 heavy (non-hydrogen) atoms. The lowest BCUT2D eigenvalue weighted by Gasteiger charge is -2.13. The van der Waals surface area contributed by atoms with Crippen molar-refractivity contribution < 1.29 is 14.4 Å². The highest BCUT2D eigenvalue weighted by atomic mass is 35.5. The minimum atomic E-state index is -0.949. The Morgan fingerprint density at radius 3 is 2.72 bits per heavy atom. The third-order valence-electron chi connectivity index (χ3n) is 2.96. The first kappa shape index (κ1) is 12.6. The predicted octanol–water partition coefficient (Wildman–Crippen LogP) is 1.94. The molecule has 2 rings (SSSR count). The van der Waals surface area contributed by atoms with Gasteiger partial charge in [0.1, 0.15) is 11.2 Å². The van der Waals surface area contributed by atoms with Crippen LogP contribution in [0.4, 0.5) is 10.1 Å². The molecule has 96 valence electrons. The SMILES string of the molecule is N/C(=N/O)C1(C(=O)Nc2ccc(F)c(Cl)c2)CC1. The van der Waals surface area contributed by atoms with Crippen molar-refractivity contribution in [1.29, 1.82) is 0 Å². The van der Waals surface area contributed by atoms with Gasteiger partial charge in [0, 0.05) is 5.69 Å². The van der Waals surface area contributed by atoms with E-state index in [4.69, 9.17) is 22.5 Å². The normalized spacial score (nSPS) is 17.3. The van der Waals surface area contributed by atoms with E-state index in [9.17, 15) is 9.18 Å². The summed E-state index contributed by atoms with van der Waals surface area (Å²) < 4.78 is 12.9. The molecule has 1 aromatic rings. The van der Waals surface area contributed by atoms with Gasteiger partial charge in [-0.3, -0.25) is 4.79 Å². The average molecular weight is 272 g/mol. The zero-order chi connectivity index (χ0) is 13.3. The quantitative estimate of drug-likeness (QED) is 0.340. The van der Waals surface area contributed by atoms with Crippen LogP contribution in [-0.2, 0) is 4.79 Å². The number of oxime groups is 1. The van der Waals surface area contributed by atoms with Crippen LogP contribution in [0.3, 0.4) is 0 Å². The van der Waals surface area contributed by atoms with Crippen LogP contribution in [0.25, 0.3) is 0 Å². The molecule has 7 heteroatoms. The van der Waals surface area contributed by atoms with Crippen molar-refractivity contribution in [2.24, 2.45) is 16.3 Å². The molecular formula is C11H11ClFN3O2. The second-order valence-electron chi connectivity index (χ2n) is 4.15. The molecule has 0 heterocycles. The van der Waals surface area contributed by atoms with E-state index in [1.165, 1.54) is 12.1 Å². The Hall–Kier alpha value is -1.82. The minimum Gasteiger partial charge on any atom is -0.409 e. The smallest absolute Gasteiger partial charge is 0.238 e. The molecular weight excluding hydrogens is 261 g/mol. The maximum atomic E-state index is 12.9. The molecule has 0 saturated heterocycles. The summed E-state index contributed by atoms with van der Waals surface area (Å²) in [4.78, 5) is 12.0. The first-order chi connectivity index (χ1) is 8.49. The van der Waals surface area contributed by atoms with Crippen LogP contribution < -0.4 is 11.1 Å². The number of nitrogens with one attached hydrogen (secondary N) is 1. The molecule has 1 amide bonds. The van der Waals surface area contributed by atoms with E-state index in [0.717, 1.165) is 6.07 Å². The molecule has 0 bridgehead atoms. The van der Waals surface area contributed by atoms with Crippen LogP contribution in [-0.4, -0.2) is 17.0 Å². The lowest BCUT2D eigenvalue weighted by Crippen LogP contribution is -2.36. The summed E-state index contributed by atoms with van der Waals surface area (Å²) in [6.45, 7) is 0. The van der Waals surface area contributed by atoms with Gasteiger partial charge < -0.3 is 16.3 Å². The summed E-state index contributed by atoms with van der Waals surface area (Å²) in [5.74, 6) is -1.07. The largest absolute Gasteiger partial charge is 0.409 e. The van der Waals surface area contributed by atoms with Gasteiger partial charge in [-0.25, -0.2) is 4.39 Å². The lowest BCUT2D eigenvalue weighted by molar-refractivity contribution is -0.119. The van der Waals surface area contributed by atoms with Crippen molar-refractivity contribution in [3.05, 3.63) is 29.0 Å². The first-order valence-corrected chi connectivity index (χ1v) is 5.62. The fraction of sp³-hybridized carbons (Fsp3) is 0.273. The number of anilines is 1. The number of hydrogen-bond donors (Lipinski definition) is 3. The number of nitrogens with zero attached hydrogens (tertiary/aromatic N) is 1. The number of halogens is 2. The van der Waals surface area contributed by atoms with Crippen LogP contribution in [0.5, 0.6) is 0 Å². The van der Waals surface area contributed by atoms with Crippen molar-refractivity contribution in [1.82, 2.24) is 0 Å². The standard InChI is InChI=1S/C11H11ClFN3O2/c12-7-5-6(1-2-8(7)13)15-10(17)11(3-4-11)9(14)16-18/h1-2,5,18H,3-4H2,(H2,14,16)(H,15,17). The fourth-order valence-electron chi connectivity index (χ4n) is 1.64. The van der Waals surface area contributed by atoms with Gasteiger partial charge in [-0.15, -0.1) is 0 Å². The molecule has 0 atom stereocenters. The van der Waals surface area contributed by atoms with Gasteiger partial charge in [-0.1, -0.05) is 16.8 Å². The Kier molecular flexibility index (Phi) is 3.13. The zero-order valence-corrected chi connectivity index (χ0v) is 10.0. The van der Waals surface area contributed by atoms with Crippen LogP contribution in [0, 0.1) is 11.2 Å². The van der Waals surface area contributed by atoms with E-state index < -0.39 is 11.2 Å². The predicted molar refractivity (Wildman–Crippen MR) is 65.1 cm³/mol. The van der Waals surface area contributed by atoms with Gasteiger partial charge in [0.2, 0.25) is 5.91 Å². The molecule has 1 aliphatic rings. The van der Waals surface area contributed by atoms with Crippen molar-refractivity contribution in [2.45, 2.75) is 12.8 Å². The molecule has 5 nitrogen and oxygen atoms in total. The average Bonchev–Trinajstić information content (AvgIpc) is 3.14. The highest BCUT2D eigenvalue weighted by molar-refractivity contribution is 6.31. The topological polar surface area (TPSA) is 87.7 Å². The number of carbonyl (C=O) groups is 1. The van der Waals surface area contributed by atoms with Gasteiger partial charge in [-0.05, 0) is 31.0 Å². The van der Waals surface area contributed by atoms with E-state index in [1.807, 2.05) is 0 Å². The highest BCUT2D eigenvalue weighted by Crippen LogP contribution is 2.46. The number of rotatable bonds is 3. The molecule has 0 unspecified atom stereocenters. The van der Waals surface area contributed by atoms with Gasteiger partial charge in [0.25, 0.3) is 0 Å². The molecule has 0 spiro atoms. The van der Waals surface area contributed by atoms with Gasteiger partial charge in [0.05, 0.1) is 5.02 Å². The number of amides is 1. The monoisotopic (exact) mass is 271 g/mol. The summed E-state index contributed by atoms with van der Waals surface area (Å²) in [6.07, 6.45) is 1.04. The molecule has 0 aromatic heterocycles. The Morgan fingerprint density at radius 2 is 2.22 bits per heavy atom. The third kappa shape index (κ3) is 2.11. The van der Waals surface area contributed by atoms with Crippen molar-refractivity contribution >= 4 is 29.0 Å². The minimum absolute atomic E-state index is 0.0820.